The fraction of sp³-hybridized carbons (Fsp3) is 0.615. The predicted molar refractivity (Wildman–Crippen MR) is 74.9 cm³/mol. The maximum absolute atomic E-state index is 11.5. The van der Waals surface area contributed by atoms with Crippen LogP contribution in [0.1, 0.15) is 26.7 Å². The lowest BCUT2D eigenvalue weighted by Crippen LogP contribution is -2.31. The Bertz CT molecular complexity index is 378. The molecule has 4 N–H and O–H groups in total. The molecular weight excluding hydrogens is 262 g/mol. The minimum absolute atomic E-state index is 0.0900. The van der Waals surface area contributed by atoms with E-state index in [0.717, 1.165) is 0 Å². The highest BCUT2D eigenvalue weighted by molar-refractivity contribution is 5.93. The molecule has 7 heteroatoms. The molecule has 0 aromatic carbocycles. The van der Waals surface area contributed by atoms with E-state index in [0.29, 0.717) is 13.1 Å². The van der Waals surface area contributed by atoms with Crippen molar-refractivity contribution in [2.24, 2.45) is 5.92 Å². The van der Waals surface area contributed by atoms with Crippen molar-refractivity contribution < 1.29 is 19.5 Å². The molecule has 0 heterocycles. The average Bonchev–Trinajstić information content (AvgIpc) is 2.33. The zero-order valence-electron chi connectivity index (χ0n) is 12.2. The SMILES string of the molecule is CNCCNC(=O)C/C=C(/NC(=O)CC(C)C)C(=O)O. The Morgan fingerprint density at radius 2 is 1.80 bits per heavy atom. The van der Waals surface area contributed by atoms with Crippen LogP contribution in [0.3, 0.4) is 0 Å². The summed E-state index contributed by atoms with van der Waals surface area (Å²) < 4.78 is 0. The van der Waals surface area contributed by atoms with Gasteiger partial charge in [0.05, 0.1) is 0 Å². The molecule has 0 bridgehead atoms. The van der Waals surface area contributed by atoms with Gasteiger partial charge >= 0.3 is 5.97 Å². The number of hydrogen-bond donors (Lipinski definition) is 4. The molecular formula is C13H23N3O4. The summed E-state index contributed by atoms with van der Waals surface area (Å²) in [5, 5.41) is 16.7. The third-order valence-electron chi connectivity index (χ3n) is 2.29. The number of aliphatic carboxylic acids is 1. The predicted octanol–water partition coefficient (Wildman–Crippen LogP) is -0.157. The fourth-order valence-corrected chi connectivity index (χ4v) is 1.36. The van der Waals surface area contributed by atoms with Gasteiger partial charge in [-0.15, -0.1) is 0 Å². The Labute approximate surface area is 118 Å². The zero-order chi connectivity index (χ0) is 15.5. The van der Waals surface area contributed by atoms with E-state index in [1.807, 2.05) is 13.8 Å². The third-order valence-corrected chi connectivity index (χ3v) is 2.29. The average molecular weight is 285 g/mol. The number of rotatable bonds is 9. The quantitative estimate of drug-likeness (QED) is 0.348. The van der Waals surface area contributed by atoms with Crippen molar-refractivity contribution in [3.8, 4) is 0 Å². The van der Waals surface area contributed by atoms with Gasteiger partial charge in [-0.2, -0.15) is 0 Å². The summed E-state index contributed by atoms with van der Waals surface area (Å²) in [5.74, 6) is -1.79. The van der Waals surface area contributed by atoms with E-state index in [9.17, 15) is 14.4 Å². The topological polar surface area (TPSA) is 108 Å². The molecule has 0 aromatic heterocycles. The van der Waals surface area contributed by atoms with Crippen molar-refractivity contribution in [2.75, 3.05) is 20.1 Å². The van der Waals surface area contributed by atoms with Gasteiger partial charge in [0, 0.05) is 25.9 Å². The molecule has 20 heavy (non-hydrogen) atoms. The first-order chi connectivity index (χ1) is 9.36. The Hall–Kier alpha value is -1.89. The van der Waals surface area contributed by atoms with Gasteiger partial charge in [0.25, 0.3) is 0 Å². The van der Waals surface area contributed by atoms with E-state index in [4.69, 9.17) is 5.11 Å². The third kappa shape index (κ3) is 9.09. The van der Waals surface area contributed by atoms with Crippen molar-refractivity contribution >= 4 is 17.8 Å². The van der Waals surface area contributed by atoms with Gasteiger partial charge in [0.1, 0.15) is 5.70 Å². The van der Waals surface area contributed by atoms with E-state index in [1.54, 1.807) is 7.05 Å². The van der Waals surface area contributed by atoms with Crippen LogP contribution in [-0.2, 0) is 14.4 Å². The molecule has 7 nitrogen and oxygen atoms in total. The molecule has 114 valence electrons. The Morgan fingerprint density at radius 1 is 1.15 bits per heavy atom. The van der Waals surface area contributed by atoms with Crippen LogP contribution < -0.4 is 16.0 Å². The second-order valence-corrected chi connectivity index (χ2v) is 4.73. The normalized spacial score (nSPS) is 11.3. The number of carboxylic acids is 1. The molecule has 0 fully saturated rings. The van der Waals surface area contributed by atoms with Gasteiger partial charge in [-0.05, 0) is 19.0 Å². The van der Waals surface area contributed by atoms with Crippen molar-refractivity contribution in [1.82, 2.24) is 16.0 Å². The van der Waals surface area contributed by atoms with Gasteiger partial charge in [-0.25, -0.2) is 4.79 Å². The van der Waals surface area contributed by atoms with Crippen LogP contribution in [0.25, 0.3) is 0 Å². The number of likely N-dealkylation sites (N-methyl/N-ethyl adjacent to an activating group) is 1. The van der Waals surface area contributed by atoms with E-state index in [2.05, 4.69) is 16.0 Å². The van der Waals surface area contributed by atoms with Crippen LogP contribution in [0.15, 0.2) is 11.8 Å². The summed E-state index contributed by atoms with van der Waals surface area (Å²) in [5.41, 5.74) is -0.264. The van der Waals surface area contributed by atoms with Crippen molar-refractivity contribution in [3.63, 3.8) is 0 Å². The minimum Gasteiger partial charge on any atom is -0.477 e. The zero-order valence-corrected chi connectivity index (χ0v) is 12.2. The Morgan fingerprint density at radius 3 is 2.30 bits per heavy atom. The second kappa shape index (κ2) is 9.96. The van der Waals surface area contributed by atoms with E-state index in [-0.39, 0.29) is 36.3 Å². The summed E-state index contributed by atoms with van der Waals surface area (Å²) in [7, 11) is 1.76. The first-order valence-corrected chi connectivity index (χ1v) is 6.51. The molecule has 2 amide bonds. The number of nitrogens with one attached hydrogen (secondary N) is 3. The monoisotopic (exact) mass is 285 g/mol. The number of carboxylic acid groups (broad SMARTS) is 1. The number of amides is 2. The van der Waals surface area contributed by atoms with Crippen LogP contribution >= 0.6 is 0 Å². The van der Waals surface area contributed by atoms with Gasteiger partial charge in [-0.3, -0.25) is 9.59 Å². The molecule has 0 aromatic rings. The maximum Gasteiger partial charge on any atom is 0.352 e. The van der Waals surface area contributed by atoms with E-state index >= 15 is 0 Å². The molecule has 0 aliphatic carbocycles. The standard InChI is InChI=1S/C13H23N3O4/c1-9(2)8-12(18)16-10(13(19)20)4-5-11(17)15-7-6-14-3/h4,9,14H,5-8H2,1-3H3,(H,15,17)(H,16,18)(H,19,20)/b10-4+. The summed E-state index contributed by atoms with van der Waals surface area (Å²) >= 11 is 0. The molecule has 0 saturated carbocycles. The van der Waals surface area contributed by atoms with Gasteiger partial charge < -0.3 is 21.1 Å². The molecule has 0 unspecified atom stereocenters. The number of carbonyl (C=O) groups is 3. The van der Waals surface area contributed by atoms with Crippen LogP contribution in [0.2, 0.25) is 0 Å². The molecule has 0 atom stereocenters. The lowest BCUT2D eigenvalue weighted by molar-refractivity contribution is -0.134. The molecule has 0 radical (unpaired) electrons. The summed E-state index contributed by atoms with van der Waals surface area (Å²) in [6.07, 6.45) is 1.35. The van der Waals surface area contributed by atoms with Crippen molar-refractivity contribution in [2.45, 2.75) is 26.7 Å². The first kappa shape index (κ1) is 18.1. The van der Waals surface area contributed by atoms with Crippen molar-refractivity contribution in [1.29, 1.82) is 0 Å². The molecule has 0 rings (SSSR count). The fourth-order valence-electron chi connectivity index (χ4n) is 1.36. The minimum atomic E-state index is -1.26. The molecule has 0 aliphatic heterocycles. The maximum atomic E-state index is 11.5. The number of hydrogen-bond acceptors (Lipinski definition) is 4. The molecule has 0 aliphatic rings. The van der Waals surface area contributed by atoms with E-state index in [1.165, 1.54) is 6.08 Å². The highest BCUT2D eigenvalue weighted by atomic mass is 16.4. The smallest absolute Gasteiger partial charge is 0.352 e. The molecule has 0 spiro atoms. The molecule has 0 saturated heterocycles. The number of carbonyl (C=O) groups excluding carboxylic acids is 2. The highest BCUT2D eigenvalue weighted by Crippen LogP contribution is 2.01. The largest absolute Gasteiger partial charge is 0.477 e. The summed E-state index contributed by atoms with van der Waals surface area (Å²) in [4.78, 5) is 33.9. The van der Waals surface area contributed by atoms with Crippen LogP contribution in [0.4, 0.5) is 0 Å². The van der Waals surface area contributed by atoms with Gasteiger partial charge in [0.2, 0.25) is 11.8 Å². The highest BCUT2D eigenvalue weighted by Gasteiger charge is 2.13. The van der Waals surface area contributed by atoms with Gasteiger partial charge in [-0.1, -0.05) is 13.8 Å². The van der Waals surface area contributed by atoms with Crippen LogP contribution in [-0.4, -0.2) is 43.0 Å². The second-order valence-electron chi connectivity index (χ2n) is 4.73. The van der Waals surface area contributed by atoms with Crippen LogP contribution in [0.5, 0.6) is 0 Å². The van der Waals surface area contributed by atoms with Crippen molar-refractivity contribution in [3.05, 3.63) is 11.8 Å². The summed E-state index contributed by atoms with van der Waals surface area (Å²) in [6.45, 7) is 4.82. The van der Waals surface area contributed by atoms with E-state index < -0.39 is 5.97 Å². The lowest BCUT2D eigenvalue weighted by atomic mass is 10.1. The Balaban J connectivity index is 4.37. The summed E-state index contributed by atoms with van der Waals surface area (Å²) in [6, 6.07) is 0. The first-order valence-electron chi connectivity index (χ1n) is 6.51. The lowest BCUT2D eigenvalue weighted by Gasteiger charge is -2.08. The Kier molecular flexibility index (Phi) is 9.02. The van der Waals surface area contributed by atoms with Crippen LogP contribution in [0, 0.1) is 5.92 Å². The van der Waals surface area contributed by atoms with Gasteiger partial charge in [0.15, 0.2) is 0 Å².